The number of amides is 1. The van der Waals surface area contributed by atoms with Crippen molar-refractivity contribution < 1.29 is 4.79 Å². The predicted octanol–water partition coefficient (Wildman–Crippen LogP) is 3.43. The van der Waals surface area contributed by atoms with Gasteiger partial charge in [0.1, 0.15) is 4.88 Å². The molecule has 6 heteroatoms. The van der Waals surface area contributed by atoms with E-state index in [1.54, 1.807) is 0 Å². The number of piperidine rings is 1. The maximum Gasteiger partial charge on any atom is 0.265 e. The summed E-state index contributed by atoms with van der Waals surface area (Å²) in [6.45, 7) is 3.55. The number of likely N-dealkylation sites (tertiary alicyclic amines) is 1. The van der Waals surface area contributed by atoms with Crippen LogP contribution in [0.1, 0.15) is 29.4 Å². The third kappa shape index (κ3) is 3.91. The zero-order chi connectivity index (χ0) is 15.5. The number of hydrogen-bond donors (Lipinski definition) is 1. The fraction of sp³-hybridized carbons (Fsp3) is 0.412. The molecule has 0 radical (unpaired) electrons. The molecule has 2 heterocycles. The molecule has 1 aliphatic heterocycles. The molecule has 2 atom stereocenters. The molecular formula is C17H22ClN3OS. The van der Waals surface area contributed by atoms with Crippen LogP contribution in [0.4, 0.5) is 0 Å². The number of hydrogen-bond acceptors (Lipinski definition) is 4. The van der Waals surface area contributed by atoms with Gasteiger partial charge in [0, 0.05) is 24.7 Å². The molecule has 2 N–H and O–H groups in total. The lowest BCUT2D eigenvalue weighted by molar-refractivity contribution is 0.0578. The molecule has 0 spiro atoms. The molecule has 1 aliphatic rings. The highest BCUT2D eigenvalue weighted by Crippen LogP contribution is 2.27. The Morgan fingerprint density at radius 1 is 1.39 bits per heavy atom. The third-order valence-electron chi connectivity index (χ3n) is 4.30. The zero-order valence-electron chi connectivity index (χ0n) is 13.1. The van der Waals surface area contributed by atoms with Gasteiger partial charge in [0.15, 0.2) is 0 Å². The molecule has 2 unspecified atom stereocenters. The summed E-state index contributed by atoms with van der Waals surface area (Å²) in [6, 6.07) is 12.0. The first-order valence-electron chi connectivity index (χ1n) is 7.72. The molecule has 23 heavy (non-hydrogen) atoms. The van der Waals surface area contributed by atoms with Gasteiger partial charge in [0.2, 0.25) is 0 Å². The second kappa shape index (κ2) is 7.90. The first kappa shape index (κ1) is 17.9. The van der Waals surface area contributed by atoms with Crippen molar-refractivity contribution in [2.24, 2.45) is 11.7 Å². The van der Waals surface area contributed by atoms with E-state index in [1.807, 2.05) is 41.3 Å². The summed E-state index contributed by atoms with van der Waals surface area (Å²) in [5.74, 6) is 0.709. The van der Waals surface area contributed by atoms with Gasteiger partial charge in [-0.25, -0.2) is 0 Å². The summed E-state index contributed by atoms with van der Waals surface area (Å²) in [4.78, 5) is 15.4. The predicted molar refractivity (Wildman–Crippen MR) is 97.1 cm³/mol. The molecule has 1 aromatic carbocycles. The van der Waals surface area contributed by atoms with Crippen LogP contribution < -0.4 is 5.73 Å². The van der Waals surface area contributed by atoms with E-state index >= 15 is 0 Å². The number of halogens is 1. The van der Waals surface area contributed by atoms with E-state index in [-0.39, 0.29) is 24.4 Å². The van der Waals surface area contributed by atoms with Crippen LogP contribution in [0, 0.1) is 5.92 Å². The molecule has 0 saturated carbocycles. The lowest BCUT2D eigenvalue weighted by Gasteiger charge is -2.37. The third-order valence-corrected chi connectivity index (χ3v) is 5.08. The van der Waals surface area contributed by atoms with Gasteiger partial charge in [-0.3, -0.25) is 4.79 Å². The van der Waals surface area contributed by atoms with Gasteiger partial charge >= 0.3 is 0 Å². The van der Waals surface area contributed by atoms with E-state index in [9.17, 15) is 4.79 Å². The average molecular weight is 352 g/mol. The van der Waals surface area contributed by atoms with Gasteiger partial charge in [0.25, 0.3) is 5.91 Å². The number of aromatic nitrogens is 1. The van der Waals surface area contributed by atoms with Crippen molar-refractivity contribution >= 4 is 29.8 Å². The standard InChI is InChI=1S/C17H21N3OS.ClH/c1-12-7-8-20(14(9-12)11-18)17(21)16-10-15(19-22-16)13-5-3-2-4-6-13;/h2-6,10,12,14H,7-9,11,18H2,1H3;1H. The number of carbonyl (C=O) groups excluding carboxylic acids is 1. The first-order chi connectivity index (χ1) is 10.7. The number of carbonyl (C=O) groups is 1. The molecule has 2 aromatic rings. The van der Waals surface area contributed by atoms with E-state index in [0.717, 1.165) is 30.6 Å². The Labute approximate surface area is 147 Å². The number of nitrogens with two attached hydrogens (primary N) is 1. The minimum absolute atomic E-state index is 0. The van der Waals surface area contributed by atoms with Gasteiger partial charge < -0.3 is 10.6 Å². The highest BCUT2D eigenvalue weighted by molar-refractivity contribution is 7.08. The van der Waals surface area contributed by atoms with Crippen LogP contribution in [0.25, 0.3) is 11.3 Å². The van der Waals surface area contributed by atoms with Crippen molar-refractivity contribution in [3.63, 3.8) is 0 Å². The summed E-state index contributed by atoms with van der Waals surface area (Å²) in [6.07, 6.45) is 2.04. The van der Waals surface area contributed by atoms with Crippen molar-refractivity contribution in [1.29, 1.82) is 0 Å². The lowest BCUT2D eigenvalue weighted by atomic mass is 9.92. The van der Waals surface area contributed by atoms with E-state index in [1.165, 1.54) is 11.5 Å². The second-order valence-electron chi connectivity index (χ2n) is 5.96. The van der Waals surface area contributed by atoms with E-state index in [0.29, 0.717) is 17.3 Å². The van der Waals surface area contributed by atoms with Crippen molar-refractivity contribution in [2.75, 3.05) is 13.1 Å². The van der Waals surface area contributed by atoms with Crippen LogP contribution >= 0.6 is 23.9 Å². The topological polar surface area (TPSA) is 59.2 Å². The maximum atomic E-state index is 12.8. The SMILES string of the molecule is CC1CCN(C(=O)c2cc(-c3ccccc3)ns2)C(CN)C1.Cl. The fourth-order valence-corrected chi connectivity index (χ4v) is 3.72. The van der Waals surface area contributed by atoms with Crippen molar-refractivity contribution in [3.8, 4) is 11.3 Å². The second-order valence-corrected chi connectivity index (χ2v) is 6.77. The molecular weight excluding hydrogens is 330 g/mol. The zero-order valence-corrected chi connectivity index (χ0v) is 14.8. The van der Waals surface area contributed by atoms with E-state index in [2.05, 4.69) is 11.3 Å². The Bertz CT molecular complexity index is 646. The summed E-state index contributed by atoms with van der Waals surface area (Å²) in [7, 11) is 0. The largest absolute Gasteiger partial charge is 0.334 e. The minimum atomic E-state index is 0. The monoisotopic (exact) mass is 351 g/mol. The summed E-state index contributed by atoms with van der Waals surface area (Å²) >= 11 is 1.28. The van der Waals surface area contributed by atoms with Gasteiger partial charge in [0.05, 0.1) is 5.69 Å². The summed E-state index contributed by atoms with van der Waals surface area (Å²) in [5, 5.41) is 0. The quantitative estimate of drug-likeness (QED) is 0.921. The first-order valence-corrected chi connectivity index (χ1v) is 8.49. The molecule has 1 fully saturated rings. The highest BCUT2D eigenvalue weighted by atomic mass is 35.5. The van der Waals surface area contributed by atoms with Gasteiger partial charge in [-0.05, 0) is 36.4 Å². The molecule has 1 amide bonds. The molecule has 1 saturated heterocycles. The average Bonchev–Trinajstić information content (AvgIpc) is 3.05. The highest BCUT2D eigenvalue weighted by Gasteiger charge is 2.30. The number of nitrogens with zero attached hydrogens (tertiary/aromatic N) is 2. The van der Waals surface area contributed by atoms with Gasteiger partial charge in [-0.15, -0.1) is 12.4 Å². The van der Waals surface area contributed by atoms with Gasteiger partial charge in [-0.1, -0.05) is 37.3 Å². The molecule has 0 bridgehead atoms. The van der Waals surface area contributed by atoms with E-state index < -0.39 is 0 Å². The van der Waals surface area contributed by atoms with Crippen LogP contribution in [0.3, 0.4) is 0 Å². The Balaban J connectivity index is 0.00000192. The fourth-order valence-electron chi connectivity index (χ4n) is 3.00. The number of rotatable bonds is 3. The molecule has 1 aromatic heterocycles. The molecule has 4 nitrogen and oxygen atoms in total. The van der Waals surface area contributed by atoms with Crippen LogP contribution in [-0.4, -0.2) is 34.3 Å². The smallest absolute Gasteiger partial charge is 0.265 e. The van der Waals surface area contributed by atoms with Crippen molar-refractivity contribution in [1.82, 2.24) is 9.27 Å². The Morgan fingerprint density at radius 3 is 2.83 bits per heavy atom. The minimum Gasteiger partial charge on any atom is -0.334 e. The van der Waals surface area contributed by atoms with Crippen molar-refractivity contribution in [3.05, 3.63) is 41.3 Å². The molecule has 0 aliphatic carbocycles. The normalized spacial score (nSPS) is 20.9. The Kier molecular flexibility index (Phi) is 6.16. The summed E-state index contributed by atoms with van der Waals surface area (Å²) in [5.41, 5.74) is 7.77. The van der Waals surface area contributed by atoms with E-state index in [4.69, 9.17) is 5.73 Å². The van der Waals surface area contributed by atoms with Crippen molar-refractivity contribution in [2.45, 2.75) is 25.8 Å². The number of benzene rings is 1. The van der Waals surface area contributed by atoms with Crippen LogP contribution in [0.5, 0.6) is 0 Å². The molecule has 3 rings (SSSR count). The van der Waals surface area contributed by atoms with Crippen LogP contribution in [0.15, 0.2) is 36.4 Å². The summed E-state index contributed by atoms with van der Waals surface area (Å²) < 4.78 is 4.43. The van der Waals surface area contributed by atoms with Crippen LogP contribution in [-0.2, 0) is 0 Å². The molecule has 124 valence electrons. The Hall–Kier alpha value is -1.43. The van der Waals surface area contributed by atoms with Crippen LogP contribution in [0.2, 0.25) is 0 Å². The lowest BCUT2D eigenvalue weighted by Crippen LogP contribution is -2.49. The Morgan fingerprint density at radius 2 is 2.13 bits per heavy atom. The van der Waals surface area contributed by atoms with Gasteiger partial charge in [-0.2, -0.15) is 4.37 Å². The maximum absolute atomic E-state index is 12.8.